The summed E-state index contributed by atoms with van der Waals surface area (Å²) < 4.78 is 4.93. The Kier molecular flexibility index (Phi) is 12.4. The number of hydrogen-bond acceptors (Lipinski definition) is 7. The van der Waals surface area contributed by atoms with Crippen LogP contribution < -0.4 is 5.11 Å². The van der Waals surface area contributed by atoms with Gasteiger partial charge in [0.15, 0.2) is 6.04 Å². The first kappa shape index (κ1) is 34.3. The molecule has 4 aromatic rings. The van der Waals surface area contributed by atoms with E-state index in [0.717, 1.165) is 18.5 Å². The van der Waals surface area contributed by atoms with Crippen molar-refractivity contribution in [2.45, 2.75) is 43.8 Å². The average molecular weight is 661 g/mol. The zero-order valence-corrected chi connectivity index (χ0v) is 26.5. The van der Waals surface area contributed by atoms with Gasteiger partial charge in [-0.15, -0.1) is 0 Å². The largest absolute Gasteiger partial charge is 0.861 e. The zero-order valence-electron chi connectivity index (χ0n) is 25.5. The molecule has 1 heterocycles. The van der Waals surface area contributed by atoms with Crippen LogP contribution >= 0.6 is 0 Å². The first-order valence-electron chi connectivity index (χ1n) is 15.1. The number of aliphatic imine (C=N–C) groups is 2. The maximum Gasteiger partial charge on any atom is 0.329 e. The first-order valence-corrected chi connectivity index (χ1v) is 15.1. The number of ether oxygens (including phenoxy) is 1. The molecular formula is C37H36N3NiO5-. The Labute approximate surface area is 279 Å². The van der Waals surface area contributed by atoms with Crippen LogP contribution in [0.3, 0.4) is 0 Å². The van der Waals surface area contributed by atoms with E-state index in [2.05, 4.69) is 22.0 Å². The van der Waals surface area contributed by atoms with E-state index in [1.807, 2.05) is 60.7 Å². The van der Waals surface area contributed by atoms with E-state index in [0.29, 0.717) is 41.1 Å². The molecule has 1 aliphatic heterocycles. The van der Waals surface area contributed by atoms with Crippen LogP contribution in [-0.2, 0) is 37.4 Å². The Hall–Kier alpha value is -4.59. The molecule has 3 unspecified atom stereocenters. The summed E-state index contributed by atoms with van der Waals surface area (Å²) in [5.74, 6) is -2.77. The molecule has 1 aliphatic rings. The maximum atomic E-state index is 13.7. The van der Waals surface area contributed by atoms with Gasteiger partial charge in [0.05, 0.1) is 24.9 Å². The summed E-state index contributed by atoms with van der Waals surface area (Å²) >= 11 is 0. The van der Waals surface area contributed by atoms with Gasteiger partial charge in [0.25, 0.3) is 0 Å². The molecule has 5 rings (SSSR count). The number of carbonyl (C=O) groups excluding carboxylic acids is 1. The third kappa shape index (κ3) is 8.56. The minimum Gasteiger partial charge on any atom is -0.861 e. The summed E-state index contributed by atoms with van der Waals surface area (Å²) in [5, 5.41) is 24.2. The summed E-state index contributed by atoms with van der Waals surface area (Å²) in [6, 6.07) is 33.7. The second-order valence-electron chi connectivity index (χ2n) is 11.0. The molecule has 8 nitrogen and oxygen atoms in total. The smallest absolute Gasteiger partial charge is 0.329 e. The van der Waals surface area contributed by atoms with Crippen molar-refractivity contribution in [2.75, 3.05) is 13.7 Å². The van der Waals surface area contributed by atoms with E-state index in [-0.39, 0.29) is 34.9 Å². The standard InChI is InChI=1S/C37H37N3O5.Ni/c1-45-33(41)24-30(27-16-7-3-8-17-27)35(37(43)44)39-34(28-18-9-4-10-19-28)29-20-11-12-21-31(29)38-36(42)32-22-13-23-40(32)25-26-14-5-2-6-15-26;/h2-12,14-21,30,32,35H,13,22-25H2,1H3,(H,38,42)(H,43,44);/p-1. The molecular weight excluding hydrogens is 625 g/mol. The van der Waals surface area contributed by atoms with Gasteiger partial charge >= 0.3 is 11.9 Å². The molecule has 240 valence electrons. The predicted octanol–water partition coefficient (Wildman–Crippen LogP) is 5.38. The minimum atomic E-state index is -1.33. The predicted molar refractivity (Wildman–Crippen MR) is 173 cm³/mol. The molecule has 1 N–H and O–H groups in total. The number of carbonyl (C=O) groups is 2. The fourth-order valence-electron chi connectivity index (χ4n) is 5.80. The van der Waals surface area contributed by atoms with Crippen molar-refractivity contribution in [1.82, 2.24) is 4.90 Å². The Morgan fingerprint density at radius 3 is 2.17 bits per heavy atom. The first-order chi connectivity index (χ1) is 21.9. The maximum absolute atomic E-state index is 13.7. The molecule has 46 heavy (non-hydrogen) atoms. The van der Waals surface area contributed by atoms with Gasteiger partial charge in [-0.25, -0.2) is 4.79 Å². The molecule has 0 radical (unpaired) electrons. The molecule has 1 saturated heterocycles. The number of methoxy groups -OCH3 is 1. The number of likely N-dealkylation sites (tertiary alicyclic amines) is 1. The molecule has 4 aromatic carbocycles. The molecule has 1 fully saturated rings. The number of aliphatic carboxylic acids is 1. The molecule has 0 amide bonds. The molecule has 0 aliphatic carbocycles. The van der Waals surface area contributed by atoms with Crippen LogP contribution in [0.25, 0.3) is 0 Å². The summed E-state index contributed by atoms with van der Waals surface area (Å²) in [6.07, 6.45) is 1.44. The van der Waals surface area contributed by atoms with Crippen molar-refractivity contribution >= 4 is 29.2 Å². The van der Waals surface area contributed by atoms with Crippen molar-refractivity contribution in [3.8, 4) is 0 Å². The number of carboxylic acid groups (broad SMARTS) is 1. The third-order valence-electron chi connectivity index (χ3n) is 8.06. The average Bonchev–Trinajstić information content (AvgIpc) is 3.54. The van der Waals surface area contributed by atoms with Crippen molar-refractivity contribution in [3.63, 3.8) is 0 Å². The van der Waals surface area contributed by atoms with Crippen LogP contribution in [0.1, 0.15) is 47.4 Å². The van der Waals surface area contributed by atoms with E-state index in [1.165, 1.54) is 7.11 Å². The van der Waals surface area contributed by atoms with Crippen molar-refractivity contribution in [3.05, 3.63) is 138 Å². The van der Waals surface area contributed by atoms with Gasteiger partial charge in [-0.05, 0) is 42.5 Å². The van der Waals surface area contributed by atoms with Gasteiger partial charge < -0.3 is 14.9 Å². The van der Waals surface area contributed by atoms with Crippen LogP contribution in [0.2, 0.25) is 0 Å². The van der Waals surface area contributed by atoms with E-state index >= 15 is 0 Å². The summed E-state index contributed by atoms with van der Waals surface area (Å²) in [6.45, 7) is 1.47. The molecule has 3 atom stereocenters. The molecule has 9 heteroatoms. The van der Waals surface area contributed by atoms with Gasteiger partial charge in [0.1, 0.15) is 0 Å². The topological polar surface area (TPSA) is 115 Å². The van der Waals surface area contributed by atoms with Crippen LogP contribution in [-0.4, -0.2) is 59.3 Å². The van der Waals surface area contributed by atoms with E-state index in [9.17, 15) is 19.8 Å². The Balaban J connectivity index is 0.00000480. The van der Waals surface area contributed by atoms with E-state index in [1.54, 1.807) is 42.5 Å². The molecule has 0 saturated carbocycles. The van der Waals surface area contributed by atoms with Gasteiger partial charge in [0.2, 0.25) is 0 Å². The summed E-state index contributed by atoms with van der Waals surface area (Å²) in [7, 11) is 1.28. The second kappa shape index (κ2) is 16.6. The van der Waals surface area contributed by atoms with Gasteiger partial charge in [-0.1, -0.05) is 109 Å². The number of carboxylic acids is 1. The minimum absolute atomic E-state index is 0. The van der Waals surface area contributed by atoms with Crippen LogP contribution in [0, 0.1) is 0 Å². The quantitative estimate of drug-likeness (QED) is 0.0945. The van der Waals surface area contributed by atoms with Crippen LogP contribution in [0.15, 0.2) is 125 Å². The Morgan fingerprint density at radius 2 is 1.52 bits per heavy atom. The van der Waals surface area contributed by atoms with Crippen molar-refractivity contribution < 1.29 is 41.0 Å². The molecule has 0 bridgehead atoms. The van der Waals surface area contributed by atoms with Gasteiger partial charge in [-0.2, -0.15) is 0 Å². The van der Waals surface area contributed by atoms with Crippen LogP contribution in [0.4, 0.5) is 5.69 Å². The summed E-state index contributed by atoms with van der Waals surface area (Å²) in [4.78, 5) is 37.0. The van der Waals surface area contributed by atoms with Crippen molar-refractivity contribution in [2.24, 2.45) is 9.98 Å². The summed E-state index contributed by atoms with van der Waals surface area (Å²) in [5.41, 5.74) is 3.75. The zero-order chi connectivity index (χ0) is 31.6. The van der Waals surface area contributed by atoms with E-state index < -0.39 is 23.9 Å². The molecule has 0 aromatic heterocycles. The number of rotatable bonds is 12. The third-order valence-corrected chi connectivity index (χ3v) is 8.06. The Bertz CT molecular complexity index is 1650. The SMILES string of the molecule is COC(=O)CC(c1ccccc1)C(N=C(c1ccccc1)c1ccccc1N=C([O-])C1CCCN1Cc1ccccc1)C(=O)O.[Ni]. The van der Waals surface area contributed by atoms with Gasteiger partial charge in [0, 0.05) is 46.1 Å². The number of hydrogen-bond donors (Lipinski definition) is 1. The fraction of sp³-hybridized carbons (Fsp3) is 0.243. The fourth-order valence-corrected chi connectivity index (χ4v) is 5.80. The second-order valence-corrected chi connectivity index (χ2v) is 11.0. The number of para-hydroxylation sites is 1. The number of nitrogens with zero attached hydrogens (tertiary/aromatic N) is 3. The monoisotopic (exact) mass is 660 g/mol. The Morgan fingerprint density at radius 1 is 0.913 bits per heavy atom. The van der Waals surface area contributed by atoms with E-state index in [4.69, 9.17) is 9.73 Å². The van der Waals surface area contributed by atoms with Crippen LogP contribution in [0.5, 0.6) is 0 Å². The van der Waals surface area contributed by atoms with Crippen molar-refractivity contribution in [1.29, 1.82) is 0 Å². The number of esters is 1. The normalized spacial score (nSPS) is 16.7. The number of benzene rings is 4. The molecule has 0 spiro atoms. The van der Waals surface area contributed by atoms with Gasteiger partial charge in [-0.3, -0.25) is 19.7 Å².